The maximum Gasteiger partial charge on any atom is 0.242 e. The normalized spacial score (nSPS) is 27.5. The van der Waals surface area contributed by atoms with Crippen molar-refractivity contribution >= 4 is 17.7 Å². The van der Waals surface area contributed by atoms with E-state index in [-0.39, 0.29) is 23.8 Å². The van der Waals surface area contributed by atoms with Crippen LogP contribution in [0.4, 0.5) is 0 Å². The van der Waals surface area contributed by atoms with Crippen molar-refractivity contribution < 1.29 is 19.5 Å². The van der Waals surface area contributed by atoms with Crippen molar-refractivity contribution in [2.45, 2.75) is 44.4 Å². The highest BCUT2D eigenvalue weighted by molar-refractivity contribution is 5.89. The quantitative estimate of drug-likeness (QED) is 0.464. The van der Waals surface area contributed by atoms with Crippen LogP contribution in [0.15, 0.2) is 0 Å². The van der Waals surface area contributed by atoms with Crippen LogP contribution in [-0.4, -0.2) is 65.5 Å². The van der Waals surface area contributed by atoms with Crippen LogP contribution in [0.3, 0.4) is 0 Å². The molecular weight excluding hydrogens is 288 g/mol. The Labute approximate surface area is 129 Å². The predicted molar refractivity (Wildman–Crippen MR) is 78.5 cm³/mol. The standard InChI is InChI=1S/C14H24N4O4/c1-8(19)11(12(15)20)17-13(21)9-4-6-18(7-9)14(22)10-3-2-5-16-10/h8-11,16,19H,2-7H2,1H3,(H2,15,20)(H,17,21)/t8-,9-,10-,11+/m1/s1. The molecule has 2 fully saturated rings. The summed E-state index contributed by atoms with van der Waals surface area (Å²) >= 11 is 0. The summed E-state index contributed by atoms with van der Waals surface area (Å²) in [6, 6.07) is -1.24. The summed E-state index contributed by atoms with van der Waals surface area (Å²) in [4.78, 5) is 37.3. The van der Waals surface area contributed by atoms with Crippen LogP contribution in [0, 0.1) is 5.92 Å². The first-order chi connectivity index (χ1) is 10.4. The summed E-state index contributed by atoms with van der Waals surface area (Å²) in [6.07, 6.45) is 1.32. The number of nitrogens with one attached hydrogen (secondary N) is 2. The van der Waals surface area contributed by atoms with Crippen molar-refractivity contribution in [3.63, 3.8) is 0 Å². The number of hydrogen-bond donors (Lipinski definition) is 4. The molecule has 0 aromatic rings. The molecule has 0 spiro atoms. The average Bonchev–Trinajstić information content (AvgIpc) is 3.13. The Balaban J connectivity index is 1.87. The van der Waals surface area contributed by atoms with Gasteiger partial charge in [-0.25, -0.2) is 0 Å². The van der Waals surface area contributed by atoms with Crippen molar-refractivity contribution in [1.29, 1.82) is 0 Å². The van der Waals surface area contributed by atoms with E-state index in [0.29, 0.717) is 19.5 Å². The molecule has 0 aliphatic carbocycles. The number of aliphatic hydroxyl groups excluding tert-OH is 1. The Hall–Kier alpha value is -1.67. The molecule has 0 aromatic carbocycles. The summed E-state index contributed by atoms with van der Waals surface area (Å²) in [6.45, 7) is 3.12. The molecule has 124 valence electrons. The van der Waals surface area contributed by atoms with Crippen LogP contribution in [0.5, 0.6) is 0 Å². The third kappa shape index (κ3) is 3.75. The zero-order valence-corrected chi connectivity index (χ0v) is 12.7. The fourth-order valence-corrected chi connectivity index (χ4v) is 2.99. The Morgan fingerprint density at radius 1 is 1.36 bits per heavy atom. The first-order valence-electron chi connectivity index (χ1n) is 7.70. The largest absolute Gasteiger partial charge is 0.391 e. The zero-order valence-electron chi connectivity index (χ0n) is 12.7. The second kappa shape index (κ2) is 7.06. The monoisotopic (exact) mass is 312 g/mol. The first kappa shape index (κ1) is 16.7. The van der Waals surface area contributed by atoms with Gasteiger partial charge in [-0.3, -0.25) is 14.4 Å². The third-order valence-corrected chi connectivity index (χ3v) is 4.32. The second-order valence-corrected chi connectivity index (χ2v) is 6.05. The van der Waals surface area contributed by atoms with Gasteiger partial charge in [0.25, 0.3) is 0 Å². The molecular formula is C14H24N4O4. The Kier molecular flexibility index (Phi) is 5.36. The van der Waals surface area contributed by atoms with Crippen molar-refractivity contribution in [2.75, 3.05) is 19.6 Å². The lowest BCUT2D eigenvalue weighted by molar-refractivity contribution is -0.134. The van der Waals surface area contributed by atoms with Crippen molar-refractivity contribution in [3.05, 3.63) is 0 Å². The smallest absolute Gasteiger partial charge is 0.242 e. The van der Waals surface area contributed by atoms with Crippen LogP contribution in [0.25, 0.3) is 0 Å². The van der Waals surface area contributed by atoms with Gasteiger partial charge in [0.1, 0.15) is 6.04 Å². The maximum atomic E-state index is 12.3. The maximum absolute atomic E-state index is 12.3. The van der Waals surface area contributed by atoms with Crippen LogP contribution < -0.4 is 16.4 Å². The fourth-order valence-electron chi connectivity index (χ4n) is 2.99. The van der Waals surface area contributed by atoms with E-state index < -0.39 is 18.1 Å². The minimum Gasteiger partial charge on any atom is -0.391 e. The molecule has 0 aromatic heterocycles. The first-order valence-corrected chi connectivity index (χ1v) is 7.70. The van der Waals surface area contributed by atoms with Crippen molar-refractivity contribution in [1.82, 2.24) is 15.5 Å². The lowest BCUT2D eigenvalue weighted by Gasteiger charge is -2.22. The minimum absolute atomic E-state index is 0.0368. The second-order valence-electron chi connectivity index (χ2n) is 6.05. The number of primary amides is 1. The van der Waals surface area contributed by atoms with Gasteiger partial charge in [-0.2, -0.15) is 0 Å². The van der Waals surface area contributed by atoms with E-state index >= 15 is 0 Å². The number of hydrogen-bond acceptors (Lipinski definition) is 5. The topological polar surface area (TPSA) is 125 Å². The average molecular weight is 312 g/mol. The highest BCUT2D eigenvalue weighted by Crippen LogP contribution is 2.19. The minimum atomic E-state index is -1.10. The molecule has 4 atom stereocenters. The van der Waals surface area contributed by atoms with Gasteiger partial charge >= 0.3 is 0 Å². The van der Waals surface area contributed by atoms with Gasteiger partial charge in [-0.15, -0.1) is 0 Å². The molecule has 0 unspecified atom stereocenters. The molecule has 3 amide bonds. The van der Waals surface area contributed by atoms with Gasteiger partial charge in [0.15, 0.2) is 0 Å². The molecule has 8 heteroatoms. The molecule has 8 nitrogen and oxygen atoms in total. The molecule has 0 bridgehead atoms. The van der Waals surface area contributed by atoms with Crippen LogP contribution in [-0.2, 0) is 14.4 Å². The van der Waals surface area contributed by atoms with Crippen molar-refractivity contribution in [2.24, 2.45) is 11.7 Å². The van der Waals surface area contributed by atoms with E-state index in [4.69, 9.17) is 5.73 Å². The van der Waals surface area contributed by atoms with E-state index in [9.17, 15) is 19.5 Å². The van der Waals surface area contributed by atoms with Gasteiger partial charge in [0.2, 0.25) is 17.7 Å². The van der Waals surface area contributed by atoms with E-state index in [1.807, 2.05) is 0 Å². The van der Waals surface area contributed by atoms with Crippen LogP contribution >= 0.6 is 0 Å². The zero-order chi connectivity index (χ0) is 16.3. The van der Waals surface area contributed by atoms with E-state index in [2.05, 4.69) is 10.6 Å². The number of carbonyl (C=O) groups excluding carboxylic acids is 3. The summed E-state index contributed by atoms with van der Waals surface area (Å²) in [7, 11) is 0. The molecule has 2 saturated heterocycles. The predicted octanol–water partition coefficient (Wildman–Crippen LogP) is -2.06. The molecule has 0 radical (unpaired) electrons. The molecule has 2 aliphatic rings. The van der Waals surface area contributed by atoms with E-state index in [1.165, 1.54) is 6.92 Å². The molecule has 2 heterocycles. The van der Waals surface area contributed by atoms with Gasteiger partial charge in [-0.1, -0.05) is 0 Å². The van der Waals surface area contributed by atoms with E-state index in [0.717, 1.165) is 19.4 Å². The van der Waals surface area contributed by atoms with Crippen LogP contribution in [0.1, 0.15) is 26.2 Å². The number of likely N-dealkylation sites (tertiary alicyclic amines) is 1. The number of nitrogens with zero attached hydrogens (tertiary/aromatic N) is 1. The number of nitrogens with two attached hydrogens (primary N) is 1. The number of rotatable bonds is 5. The number of carbonyl (C=O) groups is 3. The Morgan fingerprint density at radius 2 is 2.09 bits per heavy atom. The van der Waals surface area contributed by atoms with E-state index in [1.54, 1.807) is 4.90 Å². The Morgan fingerprint density at radius 3 is 2.64 bits per heavy atom. The lowest BCUT2D eigenvalue weighted by Crippen LogP contribution is -2.52. The highest BCUT2D eigenvalue weighted by Gasteiger charge is 2.36. The fraction of sp³-hybridized carbons (Fsp3) is 0.786. The Bertz CT molecular complexity index is 448. The molecule has 2 aliphatic heterocycles. The summed E-state index contributed by atoms with van der Waals surface area (Å²) in [5, 5.41) is 15.1. The summed E-state index contributed by atoms with van der Waals surface area (Å²) in [5.41, 5.74) is 5.16. The SMILES string of the molecule is C[C@@H](O)[C@H](NC(=O)[C@@H]1CCN(C(=O)[C@H]2CCCN2)C1)C(N)=O. The molecule has 5 N–H and O–H groups in total. The van der Waals surface area contributed by atoms with Gasteiger partial charge in [-0.05, 0) is 32.7 Å². The summed E-state index contributed by atoms with van der Waals surface area (Å²) in [5.74, 6) is -1.45. The van der Waals surface area contributed by atoms with Crippen molar-refractivity contribution in [3.8, 4) is 0 Å². The van der Waals surface area contributed by atoms with Gasteiger partial charge in [0, 0.05) is 13.1 Å². The molecule has 2 rings (SSSR count). The highest BCUT2D eigenvalue weighted by atomic mass is 16.3. The van der Waals surface area contributed by atoms with Crippen LogP contribution in [0.2, 0.25) is 0 Å². The number of amides is 3. The summed E-state index contributed by atoms with van der Waals surface area (Å²) < 4.78 is 0. The van der Waals surface area contributed by atoms with Gasteiger partial charge < -0.3 is 26.4 Å². The van der Waals surface area contributed by atoms with Gasteiger partial charge in [0.05, 0.1) is 18.1 Å². The molecule has 22 heavy (non-hydrogen) atoms. The lowest BCUT2D eigenvalue weighted by atomic mass is 10.1. The molecule has 0 saturated carbocycles. The number of aliphatic hydroxyl groups is 1. The third-order valence-electron chi connectivity index (χ3n) is 4.32.